The van der Waals surface area contributed by atoms with E-state index in [1.807, 2.05) is 13.0 Å². The van der Waals surface area contributed by atoms with Gasteiger partial charge in [0.25, 0.3) is 0 Å². The molecule has 106 valence electrons. The number of carbonyl (C=O) groups excluding carboxylic acids is 1. The molecule has 1 aromatic carbocycles. The van der Waals surface area contributed by atoms with E-state index in [0.29, 0.717) is 29.0 Å². The third-order valence-electron chi connectivity index (χ3n) is 2.61. The zero-order chi connectivity index (χ0) is 14.5. The summed E-state index contributed by atoms with van der Waals surface area (Å²) < 4.78 is 4.83. The van der Waals surface area contributed by atoms with Crippen molar-refractivity contribution in [2.45, 2.75) is 20.4 Å². The van der Waals surface area contributed by atoms with Crippen molar-refractivity contribution in [3.8, 4) is 0 Å². The third kappa shape index (κ3) is 4.04. The third-order valence-corrected chi connectivity index (χ3v) is 2.85. The number of aryl methyl sites for hydroxylation is 2. The van der Waals surface area contributed by atoms with E-state index in [9.17, 15) is 4.79 Å². The van der Waals surface area contributed by atoms with Crippen molar-refractivity contribution in [3.63, 3.8) is 0 Å². The Morgan fingerprint density at radius 2 is 2.20 bits per heavy atom. The molecule has 0 aliphatic carbocycles. The number of rotatable bonds is 5. The van der Waals surface area contributed by atoms with E-state index >= 15 is 0 Å². The van der Waals surface area contributed by atoms with E-state index in [0.717, 1.165) is 5.56 Å². The minimum absolute atomic E-state index is 0.152. The predicted octanol–water partition coefficient (Wildman–Crippen LogP) is 2.07. The predicted molar refractivity (Wildman–Crippen MR) is 75.6 cm³/mol. The normalized spacial score (nSPS) is 10.6. The highest BCUT2D eigenvalue weighted by Crippen LogP contribution is 2.19. The van der Waals surface area contributed by atoms with Gasteiger partial charge in [-0.05, 0) is 24.6 Å². The van der Waals surface area contributed by atoms with Crippen molar-refractivity contribution in [2.24, 2.45) is 0 Å². The molecule has 20 heavy (non-hydrogen) atoms. The number of hydrogen-bond acceptors (Lipinski definition) is 5. The zero-order valence-corrected chi connectivity index (χ0v) is 12.0. The lowest BCUT2D eigenvalue weighted by molar-refractivity contribution is -0.115. The summed E-state index contributed by atoms with van der Waals surface area (Å²) in [6.45, 7) is 4.14. The van der Waals surface area contributed by atoms with Crippen LogP contribution in [-0.2, 0) is 11.3 Å². The molecule has 0 radical (unpaired) electrons. The smallest absolute Gasteiger partial charge is 0.238 e. The Morgan fingerprint density at radius 1 is 1.40 bits per heavy atom. The first kappa shape index (κ1) is 14.5. The average molecular weight is 295 g/mol. The molecule has 2 rings (SSSR count). The van der Waals surface area contributed by atoms with Crippen molar-refractivity contribution in [1.29, 1.82) is 0 Å². The maximum absolute atomic E-state index is 11.8. The second-order valence-electron chi connectivity index (χ2n) is 4.34. The number of carbonyl (C=O) groups is 1. The van der Waals surface area contributed by atoms with Gasteiger partial charge in [0.05, 0.1) is 13.1 Å². The van der Waals surface area contributed by atoms with Crippen LogP contribution in [0.1, 0.15) is 17.3 Å². The Kier molecular flexibility index (Phi) is 4.70. The van der Waals surface area contributed by atoms with Gasteiger partial charge in [-0.2, -0.15) is 4.98 Å². The Bertz CT molecular complexity index is 612. The molecule has 7 heteroatoms. The number of hydrogen-bond donors (Lipinski definition) is 2. The molecule has 1 amide bonds. The van der Waals surface area contributed by atoms with Gasteiger partial charge in [0.15, 0.2) is 5.82 Å². The second kappa shape index (κ2) is 6.49. The summed E-state index contributed by atoms with van der Waals surface area (Å²) >= 11 is 5.89. The molecule has 0 fully saturated rings. The average Bonchev–Trinajstić information content (AvgIpc) is 2.80. The van der Waals surface area contributed by atoms with Crippen LogP contribution in [0.15, 0.2) is 22.7 Å². The molecule has 6 nitrogen and oxygen atoms in total. The molecule has 0 unspecified atom stereocenters. The highest BCUT2D eigenvalue weighted by molar-refractivity contribution is 6.31. The van der Waals surface area contributed by atoms with Crippen LogP contribution in [0.2, 0.25) is 5.02 Å². The SMILES string of the molecule is Cc1nc(CNCC(=O)Nc2cc(Cl)ccc2C)no1. The molecular formula is C13H15ClN4O2. The van der Waals surface area contributed by atoms with Gasteiger partial charge in [0.2, 0.25) is 11.8 Å². The van der Waals surface area contributed by atoms with Crippen LogP contribution in [0, 0.1) is 13.8 Å². The van der Waals surface area contributed by atoms with E-state index in [2.05, 4.69) is 20.8 Å². The minimum atomic E-state index is -0.157. The second-order valence-corrected chi connectivity index (χ2v) is 4.78. The summed E-state index contributed by atoms with van der Waals surface area (Å²) in [5.41, 5.74) is 1.66. The van der Waals surface area contributed by atoms with Gasteiger partial charge in [-0.3, -0.25) is 4.79 Å². The number of benzene rings is 1. The van der Waals surface area contributed by atoms with Crippen LogP contribution in [0.4, 0.5) is 5.69 Å². The van der Waals surface area contributed by atoms with Gasteiger partial charge in [-0.15, -0.1) is 0 Å². The Labute approximate surface area is 121 Å². The molecule has 2 N–H and O–H groups in total. The van der Waals surface area contributed by atoms with Crippen LogP contribution in [0.5, 0.6) is 0 Å². The lowest BCUT2D eigenvalue weighted by Gasteiger charge is -2.09. The molecule has 0 bridgehead atoms. The topological polar surface area (TPSA) is 80.0 Å². The molecule has 0 spiro atoms. The van der Waals surface area contributed by atoms with Gasteiger partial charge in [0.1, 0.15) is 0 Å². The highest BCUT2D eigenvalue weighted by Gasteiger charge is 2.06. The summed E-state index contributed by atoms with van der Waals surface area (Å²) in [7, 11) is 0. The van der Waals surface area contributed by atoms with Crippen LogP contribution in [-0.4, -0.2) is 22.6 Å². The minimum Gasteiger partial charge on any atom is -0.340 e. The van der Waals surface area contributed by atoms with Crippen molar-refractivity contribution in [3.05, 3.63) is 40.5 Å². The molecular weight excluding hydrogens is 280 g/mol. The Morgan fingerprint density at radius 3 is 2.90 bits per heavy atom. The maximum atomic E-state index is 11.8. The monoisotopic (exact) mass is 294 g/mol. The maximum Gasteiger partial charge on any atom is 0.238 e. The first-order chi connectivity index (χ1) is 9.54. The van der Waals surface area contributed by atoms with Crippen LogP contribution >= 0.6 is 11.6 Å². The fourth-order valence-corrected chi connectivity index (χ4v) is 1.80. The van der Waals surface area contributed by atoms with E-state index in [4.69, 9.17) is 16.1 Å². The molecule has 1 heterocycles. The number of aromatic nitrogens is 2. The fraction of sp³-hybridized carbons (Fsp3) is 0.308. The quantitative estimate of drug-likeness (QED) is 0.882. The molecule has 0 atom stereocenters. The van der Waals surface area contributed by atoms with E-state index in [1.165, 1.54) is 0 Å². The fourth-order valence-electron chi connectivity index (χ4n) is 1.62. The number of anilines is 1. The molecule has 1 aromatic heterocycles. The summed E-state index contributed by atoms with van der Waals surface area (Å²) in [6, 6.07) is 5.36. The summed E-state index contributed by atoms with van der Waals surface area (Å²) in [5, 5.41) is 10.0. The van der Waals surface area contributed by atoms with E-state index < -0.39 is 0 Å². The number of nitrogens with one attached hydrogen (secondary N) is 2. The largest absolute Gasteiger partial charge is 0.340 e. The van der Waals surface area contributed by atoms with Gasteiger partial charge in [-0.25, -0.2) is 0 Å². The molecule has 0 saturated carbocycles. The summed E-state index contributed by atoms with van der Waals surface area (Å²) in [5.74, 6) is 0.866. The number of nitrogens with zero attached hydrogens (tertiary/aromatic N) is 2. The van der Waals surface area contributed by atoms with E-state index in [1.54, 1.807) is 19.1 Å². The molecule has 0 aliphatic heterocycles. The summed E-state index contributed by atoms with van der Waals surface area (Å²) in [4.78, 5) is 15.8. The molecule has 0 aliphatic rings. The molecule has 2 aromatic rings. The first-order valence-corrected chi connectivity index (χ1v) is 6.48. The van der Waals surface area contributed by atoms with Crippen molar-refractivity contribution < 1.29 is 9.32 Å². The van der Waals surface area contributed by atoms with Crippen LogP contribution < -0.4 is 10.6 Å². The van der Waals surface area contributed by atoms with Crippen molar-refractivity contribution in [2.75, 3.05) is 11.9 Å². The molecule has 0 saturated heterocycles. The Hall–Kier alpha value is -1.92. The number of halogens is 1. The van der Waals surface area contributed by atoms with Gasteiger partial charge in [0, 0.05) is 17.6 Å². The van der Waals surface area contributed by atoms with E-state index in [-0.39, 0.29) is 12.5 Å². The van der Waals surface area contributed by atoms with Gasteiger partial charge >= 0.3 is 0 Å². The zero-order valence-electron chi connectivity index (χ0n) is 11.2. The lowest BCUT2D eigenvalue weighted by atomic mass is 10.2. The number of amides is 1. The lowest BCUT2D eigenvalue weighted by Crippen LogP contribution is -2.28. The van der Waals surface area contributed by atoms with Crippen molar-refractivity contribution >= 4 is 23.2 Å². The summed E-state index contributed by atoms with van der Waals surface area (Å²) in [6.07, 6.45) is 0. The van der Waals surface area contributed by atoms with Crippen LogP contribution in [0.3, 0.4) is 0 Å². The van der Waals surface area contributed by atoms with Crippen molar-refractivity contribution in [1.82, 2.24) is 15.5 Å². The van der Waals surface area contributed by atoms with Gasteiger partial charge < -0.3 is 15.2 Å². The Balaban J connectivity index is 1.82. The highest BCUT2D eigenvalue weighted by atomic mass is 35.5. The first-order valence-electron chi connectivity index (χ1n) is 6.10. The van der Waals surface area contributed by atoms with Crippen LogP contribution in [0.25, 0.3) is 0 Å². The standard InChI is InChI=1S/C13H15ClN4O2/c1-8-3-4-10(14)5-11(8)17-13(19)7-15-6-12-16-9(2)20-18-12/h3-5,15H,6-7H2,1-2H3,(H,17,19). The van der Waals surface area contributed by atoms with Gasteiger partial charge in [-0.1, -0.05) is 22.8 Å².